The summed E-state index contributed by atoms with van der Waals surface area (Å²) in [4.78, 5) is 9.56. The standard InChI is InChI=1S/C16H22N4OS/c1-12-13-2-3-18-15(19-8-10-21-11-9-19)14(13)22-16(12)20-6-4-17-5-7-20/h2-3,17H,4-11H2,1H3. The van der Waals surface area contributed by atoms with Gasteiger partial charge in [-0.15, -0.1) is 11.3 Å². The van der Waals surface area contributed by atoms with Crippen molar-refractivity contribution in [1.82, 2.24) is 10.3 Å². The molecule has 2 aromatic rings. The Bertz CT molecular complexity index is 659. The molecule has 0 atom stereocenters. The monoisotopic (exact) mass is 318 g/mol. The molecule has 118 valence electrons. The van der Waals surface area contributed by atoms with Gasteiger partial charge in [0.25, 0.3) is 0 Å². The molecule has 4 rings (SSSR count). The molecule has 0 bridgehead atoms. The number of nitrogens with zero attached hydrogens (tertiary/aromatic N) is 3. The van der Waals surface area contributed by atoms with Crippen LogP contribution in [0.1, 0.15) is 5.56 Å². The summed E-state index contributed by atoms with van der Waals surface area (Å²) in [6.45, 7) is 10.0. The van der Waals surface area contributed by atoms with E-state index in [-0.39, 0.29) is 0 Å². The van der Waals surface area contributed by atoms with Crippen molar-refractivity contribution in [3.05, 3.63) is 17.8 Å². The number of aromatic nitrogens is 1. The lowest BCUT2D eigenvalue weighted by Gasteiger charge is -2.29. The van der Waals surface area contributed by atoms with Crippen molar-refractivity contribution in [2.75, 3.05) is 62.3 Å². The van der Waals surface area contributed by atoms with E-state index in [1.54, 1.807) is 0 Å². The zero-order valence-electron chi connectivity index (χ0n) is 13.0. The minimum absolute atomic E-state index is 0.799. The van der Waals surface area contributed by atoms with E-state index >= 15 is 0 Å². The first-order chi connectivity index (χ1) is 10.8. The predicted molar refractivity (Wildman–Crippen MR) is 92.5 cm³/mol. The topological polar surface area (TPSA) is 40.6 Å². The van der Waals surface area contributed by atoms with Crippen LogP contribution in [-0.2, 0) is 4.74 Å². The number of anilines is 2. The lowest BCUT2D eigenvalue weighted by molar-refractivity contribution is 0.122. The molecule has 0 saturated carbocycles. The average Bonchev–Trinajstić information content (AvgIpc) is 2.94. The molecule has 0 spiro atoms. The van der Waals surface area contributed by atoms with Gasteiger partial charge in [-0.1, -0.05) is 0 Å². The Balaban J connectivity index is 1.75. The molecule has 0 radical (unpaired) electrons. The van der Waals surface area contributed by atoms with Crippen molar-refractivity contribution in [2.24, 2.45) is 0 Å². The number of rotatable bonds is 2. The van der Waals surface area contributed by atoms with E-state index in [9.17, 15) is 0 Å². The lowest BCUT2D eigenvalue weighted by atomic mass is 10.2. The second-order valence-electron chi connectivity index (χ2n) is 5.88. The van der Waals surface area contributed by atoms with Gasteiger partial charge in [0.15, 0.2) is 0 Å². The number of thiophene rings is 1. The van der Waals surface area contributed by atoms with Crippen LogP contribution in [0.3, 0.4) is 0 Å². The van der Waals surface area contributed by atoms with E-state index in [1.807, 2.05) is 17.5 Å². The van der Waals surface area contributed by atoms with Crippen molar-refractivity contribution in [3.8, 4) is 0 Å². The van der Waals surface area contributed by atoms with Gasteiger partial charge in [-0.2, -0.15) is 0 Å². The van der Waals surface area contributed by atoms with Crippen LogP contribution in [-0.4, -0.2) is 57.5 Å². The van der Waals surface area contributed by atoms with Crippen LogP contribution in [0.2, 0.25) is 0 Å². The first kappa shape index (κ1) is 14.2. The third-order valence-corrected chi connectivity index (χ3v) is 5.89. The number of hydrogen-bond acceptors (Lipinski definition) is 6. The fourth-order valence-electron chi connectivity index (χ4n) is 3.29. The molecule has 0 aromatic carbocycles. The van der Waals surface area contributed by atoms with E-state index in [0.717, 1.165) is 58.3 Å². The minimum atomic E-state index is 0.799. The summed E-state index contributed by atoms with van der Waals surface area (Å²) in [6.07, 6.45) is 1.95. The highest BCUT2D eigenvalue weighted by molar-refractivity contribution is 7.23. The molecule has 0 aliphatic carbocycles. The normalized spacial score (nSPS) is 19.9. The van der Waals surface area contributed by atoms with Crippen molar-refractivity contribution >= 4 is 32.2 Å². The molecule has 2 saturated heterocycles. The second kappa shape index (κ2) is 6.02. The molecule has 22 heavy (non-hydrogen) atoms. The van der Waals surface area contributed by atoms with E-state index in [2.05, 4.69) is 33.1 Å². The van der Waals surface area contributed by atoms with E-state index in [4.69, 9.17) is 4.74 Å². The predicted octanol–water partition coefficient (Wildman–Crippen LogP) is 1.85. The van der Waals surface area contributed by atoms with Gasteiger partial charge < -0.3 is 19.9 Å². The number of ether oxygens (including phenoxy) is 1. The number of fused-ring (bicyclic) bond motifs is 1. The quantitative estimate of drug-likeness (QED) is 0.915. The van der Waals surface area contributed by atoms with Crippen LogP contribution < -0.4 is 15.1 Å². The SMILES string of the molecule is Cc1c(N2CCNCC2)sc2c(N3CCOCC3)nccc12. The van der Waals surface area contributed by atoms with Crippen LogP contribution in [0.4, 0.5) is 10.8 Å². The van der Waals surface area contributed by atoms with Gasteiger partial charge in [-0.25, -0.2) is 4.98 Å². The smallest absolute Gasteiger partial charge is 0.146 e. The minimum Gasteiger partial charge on any atom is -0.378 e. The highest BCUT2D eigenvalue weighted by Crippen LogP contribution is 2.41. The molecule has 2 aliphatic heterocycles. The van der Waals surface area contributed by atoms with Crippen molar-refractivity contribution < 1.29 is 4.74 Å². The number of piperazine rings is 1. The number of aryl methyl sites for hydroxylation is 1. The zero-order chi connectivity index (χ0) is 14.9. The maximum Gasteiger partial charge on any atom is 0.146 e. The lowest BCUT2D eigenvalue weighted by Crippen LogP contribution is -2.43. The summed E-state index contributed by atoms with van der Waals surface area (Å²) in [5.74, 6) is 1.13. The average molecular weight is 318 g/mol. The Morgan fingerprint density at radius 2 is 1.91 bits per heavy atom. The van der Waals surface area contributed by atoms with Crippen molar-refractivity contribution in [2.45, 2.75) is 6.92 Å². The Morgan fingerprint density at radius 3 is 2.68 bits per heavy atom. The van der Waals surface area contributed by atoms with Crippen LogP contribution >= 0.6 is 11.3 Å². The van der Waals surface area contributed by atoms with Crippen molar-refractivity contribution in [3.63, 3.8) is 0 Å². The Hall–Kier alpha value is -1.37. The molecule has 6 heteroatoms. The third-order valence-electron chi connectivity index (χ3n) is 4.52. The number of pyridine rings is 1. The Morgan fingerprint density at radius 1 is 1.14 bits per heavy atom. The molecule has 0 amide bonds. The van der Waals surface area contributed by atoms with Crippen LogP contribution in [0, 0.1) is 6.92 Å². The van der Waals surface area contributed by atoms with Crippen LogP contribution in [0.15, 0.2) is 12.3 Å². The first-order valence-electron chi connectivity index (χ1n) is 8.01. The van der Waals surface area contributed by atoms with Crippen molar-refractivity contribution in [1.29, 1.82) is 0 Å². The molecule has 0 unspecified atom stereocenters. The number of hydrogen-bond donors (Lipinski definition) is 1. The molecule has 2 aromatic heterocycles. The summed E-state index contributed by atoms with van der Waals surface area (Å²) in [6, 6.07) is 2.16. The molecule has 2 aliphatic rings. The van der Waals surface area contributed by atoms with Gasteiger partial charge >= 0.3 is 0 Å². The van der Waals surface area contributed by atoms with Crippen LogP contribution in [0.5, 0.6) is 0 Å². The summed E-state index contributed by atoms with van der Waals surface area (Å²) < 4.78 is 6.81. The third kappa shape index (κ3) is 2.45. The van der Waals surface area contributed by atoms with Gasteiger partial charge in [-0.3, -0.25) is 0 Å². The van der Waals surface area contributed by atoms with Gasteiger partial charge in [0.2, 0.25) is 0 Å². The second-order valence-corrected chi connectivity index (χ2v) is 6.88. The van der Waals surface area contributed by atoms with Gasteiger partial charge in [-0.05, 0) is 18.6 Å². The molecular formula is C16H22N4OS. The number of nitrogens with one attached hydrogen (secondary N) is 1. The fraction of sp³-hybridized carbons (Fsp3) is 0.562. The highest BCUT2D eigenvalue weighted by atomic mass is 32.1. The number of morpholine rings is 1. The largest absolute Gasteiger partial charge is 0.378 e. The van der Waals surface area contributed by atoms with Gasteiger partial charge in [0.1, 0.15) is 5.82 Å². The summed E-state index contributed by atoms with van der Waals surface area (Å²) >= 11 is 1.90. The molecular weight excluding hydrogens is 296 g/mol. The fourth-order valence-corrected chi connectivity index (χ4v) is 4.66. The molecule has 2 fully saturated rings. The van der Waals surface area contributed by atoms with E-state index in [0.29, 0.717) is 0 Å². The Labute approximate surface area is 134 Å². The summed E-state index contributed by atoms with van der Waals surface area (Å²) in [5.41, 5.74) is 1.40. The molecule has 4 heterocycles. The Kier molecular flexibility index (Phi) is 3.90. The molecule has 5 nitrogen and oxygen atoms in total. The maximum absolute atomic E-state index is 5.48. The maximum atomic E-state index is 5.48. The molecule has 1 N–H and O–H groups in total. The first-order valence-corrected chi connectivity index (χ1v) is 8.83. The zero-order valence-corrected chi connectivity index (χ0v) is 13.8. The summed E-state index contributed by atoms with van der Waals surface area (Å²) in [5, 5.41) is 6.20. The van der Waals surface area contributed by atoms with E-state index < -0.39 is 0 Å². The summed E-state index contributed by atoms with van der Waals surface area (Å²) in [7, 11) is 0. The highest BCUT2D eigenvalue weighted by Gasteiger charge is 2.21. The van der Waals surface area contributed by atoms with E-state index in [1.165, 1.54) is 20.7 Å². The van der Waals surface area contributed by atoms with Gasteiger partial charge in [0, 0.05) is 50.9 Å². The van der Waals surface area contributed by atoms with Crippen LogP contribution in [0.25, 0.3) is 10.1 Å². The van der Waals surface area contributed by atoms with Gasteiger partial charge in [0.05, 0.1) is 22.9 Å².